The Labute approximate surface area is 105 Å². The molecule has 0 radical (unpaired) electrons. The van der Waals surface area contributed by atoms with E-state index in [9.17, 15) is 14.0 Å². The van der Waals surface area contributed by atoms with E-state index in [0.717, 1.165) is 0 Å². The second-order valence-electron chi connectivity index (χ2n) is 4.31. The maximum absolute atomic E-state index is 13.8. The Morgan fingerprint density at radius 1 is 1.33 bits per heavy atom. The molecule has 1 saturated heterocycles. The van der Waals surface area contributed by atoms with Gasteiger partial charge in [0.25, 0.3) is 0 Å². The molecule has 2 unspecified atom stereocenters. The third kappa shape index (κ3) is 1.96. The molecule has 96 valence electrons. The highest BCUT2D eigenvalue weighted by Gasteiger charge is 2.38. The van der Waals surface area contributed by atoms with Gasteiger partial charge in [-0.3, -0.25) is 14.5 Å². The van der Waals surface area contributed by atoms with Crippen LogP contribution in [0.3, 0.4) is 0 Å². The molecule has 1 aromatic rings. The van der Waals surface area contributed by atoms with Gasteiger partial charge in [0.1, 0.15) is 17.9 Å². The molecule has 1 aliphatic rings. The lowest BCUT2D eigenvalue weighted by Crippen LogP contribution is -2.62. The van der Waals surface area contributed by atoms with Crippen molar-refractivity contribution >= 4 is 17.5 Å². The van der Waals surface area contributed by atoms with E-state index in [1.54, 1.807) is 26.0 Å². The van der Waals surface area contributed by atoms with E-state index in [4.69, 9.17) is 0 Å². The minimum Gasteiger partial charge on any atom is -0.343 e. The van der Waals surface area contributed by atoms with Gasteiger partial charge in [0.2, 0.25) is 11.8 Å². The normalized spacial score (nSPS) is 24.1. The van der Waals surface area contributed by atoms with Crippen molar-refractivity contribution in [2.45, 2.75) is 32.4 Å². The Morgan fingerprint density at radius 2 is 2.00 bits per heavy atom. The maximum atomic E-state index is 13.8. The summed E-state index contributed by atoms with van der Waals surface area (Å²) in [6.45, 7) is 3.39. The average Bonchev–Trinajstić information content (AvgIpc) is 2.36. The summed E-state index contributed by atoms with van der Waals surface area (Å²) >= 11 is 0. The summed E-state index contributed by atoms with van der Waals surface area (Å²) in [5.74, 6) is -1.03. The molecule has 5 heteroatoms. The Morgan fingerprint density at radius 3 is 2.61 bits per heavy atom. The van der Waals surface area contributed by atoms with Crippen LogP contribution < -0.4 is 10.2 Å². The predicted octanol–water partition coefficient (Wildman–Crippen LogP) is 1.46. The van der Waals surface area contributed by atoms with Crippen LogP contribution in [0.25, 0.3) is 0 Å². The van der Waals surface area contributed by atoms with E-state index in [2.05, 4.69) is 5.32 Å². The van der Waals surface area contributed by atoms with Crippen molar-refractivity contribution in [2.75, 3.05) is 4.90 Å². The minimum atomic E-state index is -0.697. The number of nitrogens with zero attached hydrogens (tertiary/aromatic N) is 1. The van der Waals surface area contributed by atoms with Gasteiger partial charge < -0.3 is 5.32 Å². The summed E-state index contributed by atoms with van der Waals surface area (Å²) in [5.41, 5.74) is 0.156. The Bertz CT molecular complexity index is 490. The molecule has 1 N–H and O–H groups in total. The van der Waals surface area contributed by atoms with Crippen LogP contribution in [0.5, 0.6) is 0 Å². The van der Waals surface area contributed by atoms with Gasteiger partial charge >= 0.3 is 0 Å². The summed E-state index contributed by atoms with van der Waals surface area (Å²) in [7, 11) is 0. The molecular formula is C13H15FN2O2. The highest BCUT2D eigenvalue weighted by atomic mass is 19.1. The van der Waals surface area contributed by atoms with Crippen LogP contribution in [0, 0.1) is 5.82 Å². The van der Waals surface area contributed by atoms with Gasteiger partial charge in [-0.15, -0.1) is 0 Å². The zero-order valence-electron chi connectivity index (χ0n) is 10.3. The molecule has 4 nitrogen and oxygen atoms in total. The van der Waals surface area contributed by atoms with Gasteiger partial charge in [0, 0.05) is 0 Å². The van der Waals surface area contributed by atoms with Crippen LogP contribution in [-0.4, -0.2) is 23.9 Å². The van der Waals surface area contributed by atoms with E-state index >= 15 is 0 Å². The van der Waals surface area contributed by atoms with Crippen molar-refractivity contribution in [2.24, 2.45) is 0 Å². The van der Waals surface area contributed by atoms with Crippen molar-refractivity contribution in [1.29, 1.82) is 0 Å². The average molecular weight is 250 g/mol. The number of hydrogen-bond donors (Lipinski definition) is 1. The number of rotatable bonds is 2. The van der Waals surface area contributed by atoms with Crippen LogP contribution >= 0.6 is 0 Å². The number of hydrogen-bond acceptors (Lipinski definition) is 2. The lowest BCUT2D eigenvalue weighted by molar-refractivity contribution is -0.133. The van der Waals surface area contributed by atoms with E-state index in [0.29, 0.717) is 6.42 Å². The standard InChI is InChI=1S/C13H15FN2O2/c1-3-10-13(18)16(8(2)12(17)15-10)11-7-5-4-6-9(11)14/h4-8,10H,3H2,1-2H3,(H,15,17). The van der Waals surface area contributed by atoms with Gasteiger partial charge in [-0.25, -0.2) is 4.39 Å². The maximum Gasteiger partial charge on any atom is 0.250 e. The van der Waals surface area contributed by atoms with Gasteiger partial charge in [0.05, 0.1) is 5.69 Å². The summed E-state index contributed by atoms with van der Waals surface area (Å²) in [4.78, 5) is 25.2. The number of benzene rings is 1. The Kier molecular flexibility index (Phi) is 3.32. The first kappa shape index (κ1) is 12.5. The quantitative estimate of drug-likeness (QED) is 0.863. The molecule has 18 heavy (non-hydrogen) atoms. The predicted molar refractivity (Wildman–Crippen MR) is 65.6 cm³/mol. The van der Waals surface area contributed by atoms with Crippen LogP contribution in [0.15, 0.2) is 24.3 Å². The van der Waals surface area contributed by atoms with Crippen LogP contribution in [-0.2, 0) is 9.59 Å². The van der Waals surface area contributed by atoms with Gasteiger partial charge in [-0.05, 0) is 25.5 Å². The lowest BCUT2D eigenvalue weighted by Gasteiger charge is -2.37. The summed E-state index contributed by atoms with van der Waals surface area (Å²) < 4.78 is 13.8. The Hall–Kier alpha value is -1.91. The molecule has 0 spiro atoms. The number of halogens is 1. The first-order chi connectivity index (χ1) is 8.56. The van der Waals surface area contributed by atoms with E-state index in [1.165, 1.54) is 17.0 Å². The first-order valence-electron chi connectivity index (χ1n) is 5.94. The number of nitrogens with one attached hydrogen (secondary N) is 1. The molecule has 1 fully saturated rings. The molecule has 1 aliphatic heterocycles. The monoisotopic (exact) mass is 250 g/mol. The molecule has 2 rings (SSSR count). The van der Waals surface area contributed by atoms with E-state index < -0.39 is 17.9 Å². The number of carbonyl (C=O) groups excluding carboxylic acids is 2. The number of carbonyl (C=O) groups is 2. The smallest absolute Gasteiger partial charge is 0.250 e. The molecule has 0 aromatic heterocycles. The minimum absolute atomic E-state index is 0.156. The van der Waals surface area contributed by atoms with Crippen LogP contribution in [0.2, 0.25) is 0 Å². The number of piperazine rings is 1. The van der Waals surface area contributed by atoms with Crippen molar-refractivity contribution in [3.05, 3.63) is 30.1 Å². The van der Waals surface area contributed by atoms with Crippen molar-refractivity contribution < 1.29 is 14.0 Å². The van der Waals surface area contributed by atoms with E-state index in [1.807, 2.05) is 0 Å². The summed E-state index contributed by atoms with van der Waals surface area (Å²) in [6, 6.07) is 4.71. The van der Waals surface area contributed by atoms with Gasteiger partial charge in [-0.1, -0.05) is 19.1 Å². The fraction of sp³-hybridized carbons (Fsp3) is 0.385. The third-order valence-corrected chi connectivity index (χ3v) is 3.14. The summed E-state index contributed by atoms with van der Waals surface area (Å²) in [5, 5.41) is 2.63. The zero-order valence-corrected chi connectivity index (χ0v) is 10.3. The topological polar surface area (TPSA) is 49.4 Å². The van der Waals surface area contributed by atoms with E-state index in [-0.39, 0.29) is 17.5 Å². The SMILES string of the molecule is CCC1NC(=O)C(C)N(c2ccccc2F)C1=O. The second-order valence-corrected chi connectivity index (χ2v) is 4.31. The van der Waals surface area contributed by atoms with Crippen molar-refractivity contribution in [3.8, 4) is 0 Å². The fourth-order valence-corrected chi connectivity index (χ4v) is 2.08. The fourth-order valence-electron chi connectivity index (χ4n) is 2.08. The second kappa shape index (κ2) is 4.76. The highest BCUT2D eigenvalue weighted by Crippen LogP contribution is 2.24. The lowest BCUT2D eigenvalue weighted by atomic mass is 10.1. The van der Waals surface area contributed by atoms with Gasteiger partial charge in [0.15, 0.2) is 0 Å². The molecule has 2 amide bonds. The molecule has 0 bridgehead atoms. The van der Waals surface area contributed by atoms with Crippen molar-refractivity contribution in [3.63, 3.8) is 0 Å². The van der Waals surface area contributed by atoms with Crippen LogP contribution in [0.1, 0.15) is 20.3 Å². The first-order valence-corrected chi connectivity index (χ1v) is 5.94. The number of anilines is 1. The molecule has 1 aromatic carbocycles. The molecule has 2 atom stereocenters. The molecule has 0 aliphatic carbocycles. The largest absolute Gasteiger partial charge is 0.343 e. The van der Waals surface area contributed by atoms with Crippen molar-refractivity contribution in [1.82, 2.24) is 5.32 Å². The summed E-state index contributed by atoms with van der Waals surface area (Å²) in [6.07, 6.45) is 0.488. The Balaban J connectivity index is 2.43. The molecule has 1 heterocycles. The van der Waals surface area contributed by atoms with Crippen LogP contribution in [0.4, 0.5) is 10.1 Å². The van der Waals surface area contributed by atoms with Gasteiger partial charge in [-0.2, -0.15) is 0 Å². The number of para-hydroxylation sites is 1. The third-order valence-electron chi connectivity index (χ3n) is 3.14. The zero-order chi connectivity index (χ0) is 13.3. The molecular weight excluding hydrogens is 235 g/mol. The molecule has 0 saturated carbocycles. The highest BCUT2D eigenvalue weighted by molar-refractivity contribution is 6.08. The number of amides is 2.